The van der Waals surface area contributed by atoms with Gasteiger partial charge in [0.2, 0.25) is 0 Å². The van der Waals surface area contributed by atoms with Gasteiger partial charge in [0.05, 0.1) is 0 Å². The summed E-state index contributed by atoms with van der Waals surface area (Å²) in [5.74, 6) is 0. The molecule has 0 aliphatic carbocycles. The van der Waals surface area contributed by atoms with Crippen LogP contribution in [0, 0.1) is 0 Å². The van der Waals surface area contributed by atoms with Gasteiger partial charge in [-0.1, -0.05) is 0 Å². The van der Waals surface area contributed by atoms with Crippen molar-refractivity contribution in [1.29, 1.82) is 0 Å². The van der Waals surface area contributed by atoms with Crippen LogP contribution >= 0.6 is 0 Å². The quantitative estimate of drug-likeness (QED) is 0.280. The third-order valence-electron chi connectivity index (χ3n) is 6.45. The summed E-state index contributed by atoms with van der Waals surface area (Å²) >= 11 is -3.26. The summed E-state index contributed by atoms with van der Waals surface area (Å²) < 4.78 is 9.58. The van der Waals surface area contributed by atoms with Crippen molar-refractivity contribution < 1.29 is 3.76 Å². The summed E-state index contributed by atoms with van der Waals surface area (Å²) in [5, 5.41) is 1.30. The van der Waals surface area contributed by atoms with Gasteiger partial charge < -0.3 is 0 Å². The van der Waals surface area contributed by atoms with Crippen molar-refractivity contribution in [2.45, 2.75) is 105 Å². The molecule has 0 unspecified atom stereocenters. The molecule has 32 heavy (non-hydrogen) atoms. The van der Waals surface area contributed by atoms with Crippen molar-refractivity contribution >= 4 is 29.0 Å². The van der Waals surface area contributed by atoms with Crippen LogP contribution in [-0.4, -0.2) is 29.0 Å². The van der Waals surface area contributed by atoms with Crippen LogP contribution < -0.4 is 0 Å². The van der Waals surface area contributed by atoms with E-state index in [2.05, 4.69) is 130 Å². The second kappa shape index (κ2) is 11.3. The zero-order valence-corrected chi connectivity index (χ0v) is 26.4. The number of hydrogen-bond donors (Lipinski definition) is 0. The first kappa shape index (κ1) is 27.7. The van der Waals surface area contributed by atoms with Crippen LogP contribution in [0.25, 0.3) is 0 Å². The van der Waals surface area contributed by atoms with Crippen LogP contribution in [0.2, 0.25) is 23.2 Å². The molecule has 2 aromatic rings. The van der Waals surface area contributed by atoms with Gasteiger partial charge in [-0.2, -0.15) is 0 Å². The van der Waals surface area contributed by atoms with Crippen molar-refractivity contribution in [3.05, 3.63) is 71.8 Å². The maximum absolute atomic E-state index is 7.50. The Labute approximate surface area is 208 Å². The molecule has 0 aliphatic rings. The molecule has 0 saturated carbocycles. The fraction of sp³-hybridized carbons (Fsp3) is 0.586. The average Bonchev–Trinajstić information content (AvgIpc) is 2.69. The molecule has 0 aromatic heterocycles. The van der Waals surface area contributed by atoms with E-state index in [-0.39, 0.29) is 5.60 Å². The molecule has 0 N–H and O–H groups in total. The molecule has 0 bridgehead atoms. The van der Waals surface area contributed by atoms with E-state index in [1.54, 1.807) is 0 Å². The molecule has 0 spiro atoms. The Morgan fingerprint density at radius 1 is 0.656 bits per heavy atom. The fourth-order valence-electron chi connectivity index (χ4n) is 5.32. The van der Waals surface area contributed by atoms with Gasteiger partial charge in [0.25, 0.3) is 0 Å². The van der Waals surface area contributed by atoms with Gasteiger partial charge >= 0.3 is 209 Å². The zero-order valence-electron chi connectivity index (χ0n) is 22.3. The van der Waals surface area contributed by atoms with Crippen LogP contribution in [0.3, 0.4) is 0 Å². The second-order valence-electron chi connectivity index (χ2n) is 11.9. The molecule has 0 saturated heterocycles. The Balaban J connectivity index is 2.65. The summed E-state index contributed by atoms with van der Waals surface area (Å²) in [6.07, 6.45) is 1.08. The normalized spacial score (nSPS) is 13.6. The monoisotopic (exact) mass is 558 g/mol. The Morgan fingerprint density at radius 2 is 1.03 bits per heavy atom. The SMILES string of the molecule is C[CH](C)[Ge]([O]C(C[CH2][Ge]([C](C)(C)C)[C](C)(C)C)(c1ccccc1)c1ccccc1)[CH](C)C. The summed E-state index contributed by atoms with van der Waals surface area (Å²) in [6.45, 7) is 24.3. The number of benzene rings is 2. The van der Waals surface area contributed by atoms with Gasteiger partial charge in [0.1, 0.15) is 0 Å². The standard InChI is InChI=1S/C29H46Ge2O/c1-23(2)31(24(3)4)32-29(25-17-13-11-14-18-25,26-19-15-12-16-20-26)21-22-30(27(5,6)7)28(8,9)10/h11-20,23-24H,21-22H2,1-10H3. The van der Waals surface area contributed by atoms with Crippen molar-refractivity contribution in [3.63, 3.8) is 0 Å². The van der Waals surface area contributed by atoms with Crippen LogP contribution in [0.5, 0.6) is 0 Å². The van der Waals surface area contributed by atoms with Gasteiger partial charge in [0.15, 0.2) is 0 Å². The molecule has 0 heterocycles. The van der Waals surface area contributed by atoms with Crippen molar-refractivity contribution in [1.82, 2.24) is 0 Å². The predicted octanol–water partition coefficient (Wildman–Crippen LogP) is 9.24. The molecule has 1 nitrogen and oxygen atoms in total. The molecule has 0 amide bonds. The van der Waals surface area contributed by atoms with Crippen molar-refractivity contribution in [2.75, 3.05) is 0 Å². The van der Waals surface area contributed by atoms with Gasteiger partial charge in [-0.3, -0.25) is 0 Å². The van der Waals surface area contributed by atoms with E-state index in [4.69, 9.17) is 3.76 Å². The summed E-state index contributed by atoms with van der Waals surface area (Å²) in [6, 6.07) is 22.2. The van der Waals surface area contributed by atoms with E-state index in [0.717, 1.165) is 6.42 Å². The summed E-state index contributed by atoms with van der Waals surface area (Å²) in [5.41, 5.74) is 2.32. The van der Waals surface area contributed by atoms with Gasteiger partial charge in [-0.15, -0.1) is 0 Å². The molecule has 176 valence electrons. The molecule has 2 aromatic carbocycles. The van der Waals surface area contributed by atoms with E-state index in [1.165, 1.54) is 16.4 Å². The van der Waals surface area contributed by atoms with Gasteiger partial charge in [-0.25, -0.2) is 0 Å². The van der Waals surface area contributed by atoms with Gasteiger partial charge in [-0.05, 0) is 0 Å². The Kier molecular flexibility index (Phi) is 9.77. The molecule has 2 radical (unpaired) electrons. The average molecular weight is 556 g/mol. The van der Waals surface area contributed by atoms with Gasteiger partial charge in [0, 0.05) is 0 Å². The first-order valence-corrected chi connectivity index (χ1v) is 19.2. The number of hydrogen-bond acceptors (Lipinski definition) is 1. The topological polar surface area (TPSA) is 9.23 Å². The molecular weight excluding hydrogens is 510 g/mol. The summed E-state index contributed by atoms with van der Waals surface area (Å²) in [4.78, 5) is 0. The fourth-order valence-corrected chi connectivity index (χ4v) is 19.8. The minimum atomic E-state index is -1.81. The van der Waals surface area contributed by atoms with Crippen LogP contribution in [-0.2, 0) is 9.36 Å². The first-order valence-electron chi connectivity index (χ1n) is 12.3. The molecule has 0 atom stereocenters. The third kappa shape index (κ3) is 6.99. The van der Waals surface area contributed by atoms with Crippen LogP contribution in [0.4, 0.5) is 0 Å². The molecule has 2 rings (SSSR count). The maximum atomic E-state index is 7.50. The Morgan fingerprint density at radius 3 is 1.34 bits per heavy atom. The second-order valence-corrected chi connectivity index (χ2v) is 28.2. The number of rotatable bonds is 9. The molecule has 0 aliphatic heterocycles. The van der Waals surface area contributed by atoms with Crippen LogP contribution in [0.15, 0.2) is 60.7 Å². The van der Waals surface area contributed by atoms with E-state index in [0.29, 0.717) is 18.0 Å². The predicted molar refractivity (Wildman–Crippen MR) is 145 cm³/mol. The Bertz CT molecular complexity index is 739. The van der Waals surface area contributed by atoms with Crippen LogP contribution in [0.1, 0.15) is 86.8 Å². The van der Waals surface area contributed by atoms with E-state index >= 15 is 0 Å². The molecular formula is C29H46Ge2O. The first-order chi connectivity index (χ1) is 14.8. The third-order valence-corrected chi connectivity index (χ3v) is 21.6. The summed E-state index contributed by atoms with van der Waals surface area (Å²) in [7, 11) is 0. The van der Waals surface area contributed by atoms with Crippen molar-refractivity contribution in [2.24, 2.45) is 0 Å². The Hall–Kier alpha value is -0.514. The van der Waals surface area contributed by atoms with E-state index < -0.39 is 29.0 Å². The van der Waals surface area contributed by atoms with E-state index in [9.17, 15) is 0 Å². The van der Waals surface area contributed by atoms with Crippen molar-refractivity contribution in [3.8, 4) is 0 Å². The zero-order chi connectivity index (χ0) is 24.2. The molecule has 3 heteroatoms. The molecule has 0 fully saturated rings. The minimum absolute atomic E-state index is 0.346. The van der Waals surface area contributed by atoms with E-state index in [1.807, 2.05) is 0 Å².